The molecule has 4 rings (SSSR count). The first-order valence-corrected chi connectivity index (χ1v) is 12.3. The van der Waals surface area contributed by atoms with Crippen molar-refractivity contribution in [1.82, 2.24) is 14.8 Å². The monoisotopic (exact) mass is 452 g/mol. The van der Waals surface area contributed by atoms with Gasteiger partial charge >= 0.3 is 0 Å². The Bertz CT molecular complexity index is 1130. The summed E-state index contributed by atoms with van der Waals surface area (Å²) in [7, 11) is 0. The molecule has 0 bridgehead atoms. The molecule has 0 saturated carbocycles. The van der Waals surface area contributed by atoms with Crippen LogP contribution in [0.1, 0.15) is 6.92 Å². The van der Waals surface area contributed by atoms with Gasteiger partial charge in [0.15, 0.2) is 11.0 Å². The van der Waals surface area contributed by atoms with Crippen molar-refractivity contribution >= 4 is 46.5 Å². The number of amides is 1. The van der Waals surface area contributed by atoms with Gasteiger partial charge in [-0.3, -0.25) is 9.36 Å². The van der Waals surface area contributed by atoms with Crippen LogP contribution in [0.2, 0.25) is 0 Å². The third-order valence-corrected chi connectivity index (χ3v) is 7.11. The van der Waals surface area contributed by atoms with Gasteiger partial charge in [-0.05, 0) is 48.9 Å². The van der Waals surface area contributed by atoms with Crippen molar-refractivity contribution in [2.75, 3.05) is 11.6 Å². The van der Waals surface area contributed by atoms with Crippen LogP contribution in [0, 0.1) is 0 Å². The Labute approximate surface area is 187 Å². The van der Waals surface area contributed by atoms with Crippen molar-refractivity contribution in [2.45, 2.75) is 22.2 Å². The minimum atomic E-state index is -0.345. The number of para-hydroxylation sites is 2. The predicted octanol–water partition coefficient (Wildman–Crippen LogP) is 5.84. The Hall–Kier alpha value is -2.55. The van der Waals surface area contributed by atoms with Crippen LogP contribution in [-0.4, -0.2) is 32.2 Å². The summed E-state index contributed by atoms with van der Waals surface area (Å²) in [6.07, 6.45) is 2.00. The summed E-state index contributed by atoms with van der Waals surface area (Å²) in [6, 6.07) is 21.8. The van der Waals surface area contributed by atoms with Crippen molar-refractivity contribution in [3.05, 3.63) is 72.1 Å². The van der Waals surface area contributed by atoms with E-state index >= 15 is 0 Å². The molecule has 152 valence electrons. The summed E-state index contributed by atoms with van der Waals surface area (Å²) in [5, 5.41) is 14.2. The van der Waals surface area contributed by atoms with Gasteiger partial charge < -0.3 is 5.32 Å². The first kappa shape index (κ1) is 20.7. The Morgan fingerprint density at radius 3 is 2.53 bits per heavy atom. The van der Waals surface area contributed by atoms with E-state index in [0.29, 0.717) is 5.16 Å². The zero-order valence-corrected chi connectivity index (χ0v) is 18.9. The molecule has 2 aromatic carbocycles. The second-order valence-electron chi connectivity index (χ2n) is 6.40. The van der Waals surface area contributed by atoms with Crippen LogP contribution in [0.15, 0.2) is 82.2 Å². The molecule has 0 saturated heterocycles. The average molecular weight is 453 g/mol. The second kappa shape index (κ2) is 9.51. The lowest BCUT2D eigenvalue weighted by Crippen LogP contribution is -2.23. The lowest BCUT2D eigenvalue weighted by molar-refractivity contribution is -0.115. The molecular weight excluding hydrogens is 432 g/mol. The molecule has 0 aliphatic heterocycles. The van der Waals surface area contributed by atoms with Crippen LogP contribution in [0.4, 0.5) is 5.69 Å². The topological polar surface area (TPSA) is 59.8 Å². The largest absolute Gasteiger partial charge is 0.324 e. The second-order valence-corrected chi connectivity index (χ2v) is 9.51. The van der Waals surface area contributed by atoms with E-state index in [4.69, 9.17) is 0 Å². The SMILES string of the molecule is CSc1ccccc1NC(=O)C(C)Sc1nnc(-c2cccs2)n1-c1ccccc1. The van der Waals surface area contributed by atoms with Crippen molar-refractivity contribution < 1.29 is 4.79 Å². The highest BCUT2D eigenvalue weighted by atomic mass is 32.2. The highest BCUT2D eigenvalue weighted by molar-refractivity contribution is 8.00. The first-order chi connectivity index (χ1) is 14.7. The molecule has 1 unspecified atom stereocenters. The van der Waals surface area contributed by atoms with Crippen LogP contribution in [-0.2, 0) is 4.79 Å². The number of aromatic nitrogens is 3. The number of hydrogen-bond donors (Lipinski definition) is 1. The van der Waals surface area contributed by atoms with Gasteiger partial charge in [-0.15, -0.1) is 33.3 Å². The molecule has 4 aromatic rings. The van der Waals surface area contributed by atoms with Crippen LogP contribution in [0.5, 0.6) is 0 Å². The van der Waals surface area contributed by atoms with E-state index in [1.807, 2.05) is 89.9 Å². The Morgan fingerprint density at radius 1 is 1.03 bits per heavy atom. The summed E-state index contributed by atoms with van der Waals surface area (Å²) in [4.78, 5) is 14.9. The summed E-state index contributed by atoms with van der Waals surface area (Å²) >= 11 is 4.62. The maximum absolute atomic E-state index is 12.9. The quantitative estimate of drug-likeness (QED) is 0.357. The fourth-order valence-corrected chi connectivity index (χ4v) is 5.03. The van der Waals surface area contributed by atoms with Crippen molar-refractivity contribution in [2.24, 2.45) is 0 Å². The zero-order valence-electron chi connectivity index (χ0n) is 16.5. The van der Waals surface area contributed by atoms with Gasteiger partial charge in [-0.2, -0.15) is 0 Å². The number of thioether (sulfide) groups is 2. The fourth-order valence-electron chi connectivity index (χ4n) is 2.92. The summed E-state index contributed by atoms with van der Waals surface area (Å²) < 4.78 is 2.01. The number of carbonyl (C=O) groups is 1. The summed E-state index contributed by atoms with van der Waals surface area (Å²) in [5.74, 6) is 0.709. The van der Waals surface area contributed by atoms with E-state index in [2.05, 4.69) is 15.5 Å². The van der Waals surface area contributed by atoms with Gasteiger partial charge in [0.05, 0.1) is 15.8 Å². The Kier molecular flexibility index (Phi) is 6.56. The highest BCUT2D eigenvalue weighted by Crippen LogP contribution is 2.32. The number of hydrogen-bond acceptors (Lipinski definition) is 6. The number of nitrogens with one attached hydrogen (secondary N) is 1. The van der Waals surface area contributed by atoms with E-state index in [9.17, 15) is 4.79 Å². The molecule has 8 heteroatoms. The molecule has 30 heavy (non-hydrogen) atoms. The third kappa shape index (κ3) is 4.45. The molecule has 2 aromatic heterocycles. The number of nitrogens with zero attached hydrogens (tertiary/aromatic N) is 3. The molecule has 1 amide bonds. The molecule has 2 heterocycles. The Balaban J connectivity index is 1.60. The normalized spacial score (nSPS) is 11.9. The third-order valence-electron chi connectivity index (χ3n) is 4.41. The summed E-state index contributed by atoms with van der Waals surface area (Å²) in [5.41, 5.74) is 1.79. The number of rotatable bonds is 7. The number of anilines is 1. The number of carbonyl (C=O) groups excluding carboxylic acids is 1. The first-order valence-electron chi connectivity index (χ1n) is 9.32. The van der Waals surface area contributed by atoms with Crippen LogP contribution in [0.25, 0.3) is 16.4 Å². The standard InChI is InChI=1S/C22H20N4OS3/c1-15(21(27)23-17-11-6-7-12-18(17)28-2)30-22-25-24-20(19-13-8-14-29-19)26(22)16-9-4-3-5-10-16/h3-15H,1-2H3,(H,23,27). The van der Waals surface area contributed by atoms with Crippen molar-refractivity contribution in [3.8, 4) is 16.4 Å². The van der Waals surface area contributed by atoms with Crippen LogP contribution >= 0.6 is 34.9 Å². The van der Waals surface area contributed by atoms with Gasteiger partial charge in [0.25, 0.3) is 0 Å². The van der Waals surface area contributed by atoms with Crippen LogP contribution in [0.3, 0.4) is 0 Å². The molecular formula is C22H20N4OS3. The van der Waals surface area contributed by atoms with E-state index in [1.165, 1.54) is 11.8 Å². The minimum Gasteiger partial charge on any atom is -0.324 e. The highest BCUT2D eigenvalue weighted by Gasteiger charge is 2.22. The molecule has 0 spiro atoms. The van der Waals surface area contributed by atoms with Gasteiger partial charge in [0, 0.05) is 10.6 Å². The molecule has 0 aliphatic rings. The lowest BCUT2D eigenvalue weighted by Gasteiger charge is -2.15. The lowest BCUT2D eigenvalue weighted by atomic mass is 10.3. The van der Waals surface area contributed by atoms with Gasteiger partial charge in [-0.1, -0.05) is 48.2 Å². The molecule has 1 atom stereocenters. The van der Waals surface area contributed by atoms with Crippen molar-refractivity contribution in [1.29, 1.82) is 0 Å². The maximum Gasteiger partial charge on any atom is 0.237 e. The average Bonchev–Trinajstić information content (AvgIpc) is 3.44. The predicted molar refractivity (Wildman–Crippen MR) is 127 cm³/mol. The summed E-state index contributed by atoms with van der Waals surface area (Å²) in [6.45, 7) is 1.89. The number of benzene rings is 2. The maximum atomic E-state index is 12.9. The van der Waals surface area contributed by atoms with Gasteiger partial charge in [-0.25, -0.2) is 0 Å². The van der Waals surface area contributed by atoms with Crippen LogP contribution < -0.4 is 5.32 Å². The molecule has 1 N–H and O–H groups in total. The Morgan fingerprint density at radius 2 is 1.80 bits per heavy atom. The van der Waals surface area contributed by atoms with Crippen molar-refractivity contribution in [3.63, 3.8) is 0 Å². The fraction of sp³-hybridized carbons (Fsp3) is 0.136. The van der Waals surface area contributed by atoms with E-state index in [-0.39, 0.29) is 11.2 Å². The molecule has 0 radical (unpaired) electrons. The van der Waals surface area contributed by atoms with Gasteiger partial charge in [0.2, 0.25) is 5.91 Å². The molecule has 0 aliphatic carbocycles. The van der Waals surface area contributed by atoms with E-state index in [0.717, 1.165) is 27.0 Å². The zero-order chi connectivity index (χ0) is 20.9. The van der Waals surface area contributed by atoms with E-state index in [1.54, 1.807) is 23.1 Å². The molecule has 5 nitrogen and oxygen atoms in total. The number of thiophene rings is 1. The van der Waals surface area contributed by atoms with Gasteiger partial charge in [0.1, 0.15) is 0 Å². The molecule has 0 fully saturated rings. The minimum absolute atomic E-state index is 0.0678. The smallest absolute Gasteiger partial charge is 0.237 e. The van der Waals surface area contributed by atoms with E-state index < -0.39 is 0 Å².